The topological polar surface area (TPSA) is 70.8 Å². The Morgan fingerprint density at radius 3 is 3.06 bits per heavy atom. The summed E-state index contributed by atoms with van der Waals surface area (Å²) < 4.78 is 5.59. The van der Waals surface area contributed by atoms with Crippen molar-refractivity contribution in [2.45, 2.75) is 38.8 Å². The first-order chi connectivity index (χ1) is 8.19. The third-order valence-electron chi connectivity index (χ3n) is 2.85. The Balaban J connectivity index is 2.07. The van der Waals surface area contributed by atoms with Crippen LogP contribution >= 0.6 is 0 Å². The highest BCUT2D eigenvalue weighted by Crippen LogP contribution is 2.17. The maximum Gasteiger partial charge on any atom is 0.224 e. The average Bonchev–Trinajstić information content (AvgIpc) is 2.81. The molecule has 1 aromatic heterocycles. The minimum atomic E-state index is 0.158. The monoisotopic (exact) mass is 232 g/mol. The molecular weight excluding hydrogens is 216 g/mol. The number of rotatable bonds is 3. The van der Waals surface area contributed by atoms with E-state index < -0.39 is 0 Å². The van der Waals surface area contributed by atoms with E-state index in [0.717, 1.165) is 25.1 Å². The van der Waals surface area contributed by atoms with Gasteiger partial charge in [0.15, 0.2) is 0 Å². The molecule has 0 bridgehead atoms. The molecule has 2 heterocycles. The van der Waals surface area contributed by atoms with Gasteiger partial charge in [-0.25, -0.2) is 9.97 Å². The first-order valence-corrected chi connectivity index (χ1v) is 5.83. The Bertz CT molecular complexity index is 435. The normalized spacial score (nSPS) is 20.9. The lowest BCUT2D eigenvalue weighted by molar-refractivity contribution is 0.0994. The molecule has 2 rings (SSSR count). The Labute approximate surface area is 101 Å². The summed E-state index contributed by atoms with van der Waals surface area (Å²) in [6.45, 7) is 4.73. The number of nitriles is 1. The van der Waals surface area contributed by atoms with E-state index in [1.54, 1.807) is 6.07 Å². The number of aryl methyl sites for hydroxylation is 1. The summed E-state index contributed by atoms with van der Waals surface area (Å²) in [5.74, 6) is 0.504. The lowest BCUT2D eigenvalue weighted by atomic mass is 10.1. The van der Waals surface area contributed by atoms with E-state index in [1.165, 1.54) is 0 Å². The zero-order valence-electron chi connectivity index (χ0n) is 10.1. The third-order valence-corrected chi connectivity index (χ3v) is 2.85. The highest BCUT2D eigenvalue weighted by Gasteiger charge is 2.22. The highest BCUT2D eigenvalue weighted by molar-refractivity contribution is 5.34. The fraction of sp³-hybridized carbons (Fsp3) is 0.583. The van der Waals surface area contributed by atoms with E-state index in [0.29, 0.717) is 11.6 Å². The van der Waals surface area contributed by atoms with Crippen LogP contribution in [0.3, 0.4) is 0 Å². The second kappa shape index (κ2) is 5.11. The van der Waals surface area contributed by atoms with E-state index in [9.17, 15) is 0 Å². The zero-order valence-corrected chi connectivity index (χ0v) is 10.1. The molecule has 90 valence electrons. The molecule has 0 spiro atoms. The van der Waals surface area contributed by atoms with Crippen LogP contribution in [0.25, 0.3) is 0 Å². The van der Waals surface area contributed by atoms with Gasteiger partial charge in [0.05, 0.1) is 12.1 Å². The third kappa shape index (κ3) is 2.92. The summed E-state index contributed by atoms with van der Waals surface area (Å²) in [6, 6.07) is 3.86. The molecule has 5 heteroatoms. The van der Waals surface area contributed by atoms with Crippen molar-refractivity contribution >= 4 is 5.95 Å². The second-order valence-corrected chi connectivity index (χ2v) is 4.31. The minimum absolute atomic E-state index is 0.158. The van der Waals surface area contributed by atoms with Crippen molar-refractivity contribution in [1.29, 1.82) is 5.26 Å². The number of nitrogens with one attached hydrogen (secondary N) is 1. The van der Waals surface area contributed by atoms with Crippen LogP contribution in [0.5, 0.6) is 0 Å². The largest absolute Gasteiger partial charge is 0.376 e. The number of ether oxygens (including phenoxy) is 1. The molecule has 0 aromatic carbocycles. The van der Waals surface area contributed by atoms with Crippen molar-refractivity contribution in [3.8, 4) is 6.07 Å². The average molecular weight is 232 g/mol. The summed E-state index contributed by atoms with van der Waals surface area (Å²) in [7, 11) is 0. The van der Waals surface area contributed by atoms with Crippen LogP contribution < -0.4 is 5.32 Å². The molecule has 1 aliphatic heterocycles. The van der Waals surface area contributed by atoms with Gasteiger partial charge >= 0.3 is 0 Å². The van der Waals surface area contributed by atoms with Crippen LogP contribution in [-0.2, 0) is 4.74 Å². The molecule has 0 aliphatic carbocycles. The van der Waals surface area contributed by atoms with Crippen molar-refractivity contribution < 1.29 is 4.74 Å². The maximum absolute atomic E-state index is 8.84. The summed E-state index contributed by atoms with van der Waals surface area (Å²) in [5, 5.41) is 12.0. The Morgan fingerprint density at radius 2 is 2.41 bits per heavy atom. The SMILES string of the molecule is Cc1cc(C#N)nc(NC(C)C2CCCO2)n1. The number of anilines is 1. The van der Waals surface area contributed by atoms with E-state index in [4.69, 9.17) is 10.00 Å². The number of aromatic nitrogens is 2. The molecule has 1 N–H and O–H groups in total. The van der Waals surface area contributed by atoms with Gasteiger partial charge in [-0.05, 0) is 32.8 Å². The van der Waals surface area contributed by atoms with E-state index >= 15 is 0 Å². The van der Waals surface area contributed by atoms with Gasteiger partial charge in [0.1, 0.15) is 11.8 Å². The van der Waals surface area contributed by atoms with Gasteiger partial charge in [-0.2, -0.15) is 5.26 Å². The molecular formula is C12H16N4O. The first-order valence-electron chi connectivity index (χ1n) is 5.83. The molecule has 17 heavy (non-hydrogen) atoms. The molecule has 1 aliphatic rings. The molecule has 0 saturated carbocycles. The molecule has 1 fully saturated rings. The maximum atomic E-state index is 8.84. The summed E-state index contributed by atoms with van der Waals surface area (Å²) in [6.07, 6.45) is 2.38. The van der Waals surface area contributed by atoms with E-state index in [2.05, 4.69) is 15.3 Å². The van der Waals surface area contributed by atoms with Crippen molar-refractivity contribution in [3.05, 3.63) is 17.5 Å². The van der Waals surface area contributed by atoms with Crippen molar-refractivity contribution in [1.82, 2.24) is 9.97 Å². The highest BCUT2D eigenvalue weighted by atomic mass is 16.5. The Hall–Kier alpha value is -1.67. The van der Waals surface area contributed by atoms with Gasteiger partial charge in [-0.1, -0.05) is 0 Å². The van der Waals surface area contributed by atoms with Crippen molar-refractivity contribution in [2.75, 3.05) is 11.9 Å². The number of nitrogens with zero attached hydrogens (tertiary/aromatic N) is 3. The Morgan fingerprint density at radius 1 is 1.59 bits per heavy atom. The van der Waals surface area contributed by atoms with Gasteiger partial charge in [0.25, 0.3) is 0 Å². The fourth-order valence-corrected chi connectivity index (χ4v) is 1.98. The zero-order chi connectivity index (χ0) is 12.3. The van der Waals surface area contributed by atoms with E-state index in [-0.39, 0.29) is 12.1 Å². The lowest BCUT2D eigenvalue weighted by Crippen LogP contribution is -2.31. The Kier molecular flexibility index (Phi) is 3.55. The standard InChI is InChI=1S/C12H16N4O/c1-8-6-10(7-13)16-12(14-8)15-9(2)11-4-3-5-17-11/h6,9,11H,3-5H2,1-2H3,(H,14,15,16). The van der Waals surface area contributed by atoms with Crippen LogP contribution in [0.4, 0.5) is 5.95 Å². The van der Waals surface area contributed by atoms with Gasteiger partial charge in [-0.15, -0.1) is 0 Å². The van der Waals surface area contributed by atoms with Crippen LogP contribution in [-0.4, -0.2) is 28.7 Å². The summed E-state index contributed by atoms with van der Waals surface area (Å²) >= 11 is 0. The molecule has 0 radical (unpaired) electrons. The molecule has 0 amide bonds. The minimum Gasteiger partial charge on any atom is -0.376 e. The second-order valence-electron chi connectivity index (χ2n) is 4.31. The van der Waals surface area contributed by atoms with Crippen LogP contribution in [0, 0.1) is 18.3 Å². The van der Waals surface area contributed by atoms with Crippen molar-refractivity contribution in [3.63, 3.8) is 0 Å². The van der Waals surface area contributed by atoms with Gasteiger partial charge in [0, 0.05) is 12.3 Å². The van der Waals surface area contributed by atoms with Crippen LogP contribution in [0.1, 0.15) is 31.2 Å². The lowest BCUT2D eigenvalue weighted by Gasteiger charge is -2.19. The van der Waals surface area contributed by atoms with Crippen LogP contribution in [0.15, 0.2) is 6.07 Å². The van der Waals surface area contributed by atoms with Crippen LogP contribution in [0.2, 0.25) is 0 Å². The molecule has 5 nitrogen and oxygen atoms in total. The quantitative estimate of drug-likeness (QED) is 0.857. The smallest absolute Gasteiger partial charge is 0.224 e. The van der Waals surface area contributed by atoms with Gasteiger partial charge in [0.2, 0.25) is 5.95 Å². The molecule has 1 saturated heterocycles. The molecule has 2 unspecified atom stereocenters. The van der Waals surface area contributed by atoms with Gasteiger partial charge < -0.3 is 10.1 Å². The predicted octanol–water partition coefficient (Wildman–Crippen LogP) is 1.64. The van der Waals surface area contributed by atoms with E-state index in [1.807, 2.05) is 19.9 Å². The first kappa shape index (κ1) is 11.8. The van der Waals surface area contributed by atoms with Crippen molar-refractivity contribution in [2.24, 2.45) is 0 Å². The molecule has 1 aromatic rings. The fourth-order valence-electron chi connectivity index (χ4n) is 1.98. The summed E-state index contributed by atoms with van der Waals surface area (Å²) in [5.41, 5.74) is 1.18. The predicted molar refractivity (Wildman–Crippen MR) is 63.5 cm³/mol. The number of hydrogen-bond acceptors (Lipinski definition) is 5. The van der Waals surface area contributed by atoms with Gasteiger partial charge in [-0.3, -0.25) is 0 Å². The number of hydrogen-bond donors (Lipinski definition) is 1. The molecule has 2 atom stereocenters. The summed E-state index contributed by atoms with van der Waals surface area (Å²) in [4.78, 5) is 8.39.